The van der Waals surface area contributed by atoms with Crippen LogP contribution in [-0.4, -0.2) is 111 Å². The lowest BCUT2D eigenvalue weighted by atomic mass is 9.58. The second kappa shape index (κ2) is 15.0. The number of nitrogens with two attached hydrogens (primary N) is 1. The van der Waals surface area contributed by atoms with Crippen LogP contribution in [0.25, 0.3) is 0 Å². The third kappa shape index (κ3) is 9.02. The molecule has 4 rings (SSSR count). The molecule has 2 N–H and O–H groups in total. The molecule has 258 valence electrons. The van der Waals surface area contributed by atoms with Crippen molar-refractivity contribution in [2.24, 2.45) is 28.9 Å². The number of fused-ring (bicyclic) bond motifs is 5. The summed E-state index contributed by atoms with van der Waals surface area (Å²) in [5, 5.41) is 0. The molecule has 0 aromatic carbocycles. The zero-order valence-electron chi connectivity index (χ0n) is 29.8. The molecule has 0 bridgehead atoms. The van der Waals surface area contributed by atoms with Gasteiger partial charge in [-0.25, -0.2) is 0 Å². The molecular weight excluding hydrogens is 568 g/mol. The van der Waals surface area contributed by atoms with Gasteiger partial charge in [0.05, 0.1) is 46.8 Å². The molecule has 0 spiro atoms. The molecule has 0 amide bonds. The van der Waals surface area contributed by atoms with Gasteiger partial charge in [0, 0.05) is 43.6 Å². The Kier molecular flexibility index (Phi) is 12.1. The van der Waals surface area contributed by atoms with Crippen molar-refractivity contribution in [3.05, 3.63) is 11.8 Å². The van der Waals surface area contributed by atoms with Crippen LogP contribution in [0.4, 0.5) is 0 Å². The van der Waals surface area contributed by atoms with E-state index in [1.165, 1.54) is 18.4 Å². The summed E-state index contributed by atoms with van der Waals surface area (Å²) in [7, 11) is 8.51. The summed E-state index contributed by atoms with van der Waals surface area (Å²) >= 11 is 0. The molecule has 9 nitrogen and oxygen atoms in total. The van der Waals surface area contributed by atoms with E-state index in [4.69, 9.17) is 19.9 Å². The van der Waals surface area contributed by atoms with Gasteiger partial charge >= 0.3 is 11.9 Å². The maximum absolute atomic E-state index is 12.7. The SMILES string of the molecule is CC(C)CCCC(N)C1CCN2C3OC=C4CC(OC(=O)CCC(=O)OCCN(C)CC[N+](C)(C)C)CCC4(C)C3CCC12C. The smallest absolute Gasteiger partial charge is 0.306 e. The number of nitrogens with zero attached hydrogens (tertiary/aromatic N) is 3. The van der Waals surface area contributed by atoms with Gasteiger partial charge in [0.2, 0.25) is 0 Å². The van der Waals surface area contributed by atoms with Gasteiger partial charge < -0.3 is 24.4 Å². The Balaban J connectivity index is 1.22. The second-order valence-electron chi connectivity index (χ2n) is 16.6. The highest BCUT2D eigenvalue weighted by Crippen LogP contribution is 2.58. The molecule has 0 aromatic heterocycles. The quantitative estimate of drug-likeness (QED) is 0.200. The largest absolute Gasteiger partial charge is 0.482 e. The van der Waals surface area contributed by atoms with E-state index >= 15 is 0 Å². The molecule has 4 aliphatic rings. The average Bonchev–Trinajstić information content (AvgIpc) is 3.32. The van der Waals surface area contributed by atoms with Gasteiger partial charge in [0.25, 0.3) is 0 Å². The summed E-state index contributed by atoms with van der Waals surface area (Å²) < 4.78 is 18.7. The summed E-state index contributed by atoms with van der Waals surface area (Å²) in [6.07, 6.45) is 11.6. The molecule has 0 aromatic rings. The first-order valence-corrected chi connectivity index (χ1v) is 17.8. The molecule has 7 unspecified atom stereocenters. The Morgan fingerprint density at radius 3 is 2.53 bits per heavy atom. The number of esters is 2. The van der Waals surface area contributed by atoms with Crippen LogP contribution < -0.4 is 5.73 Å². The highest BCUT2D eigenvalue weighted by Gasteiger charge is 2.59. The lowest BCUT2D eigenvalue weighted by Crippen LogP contribution is -2.63. The van der Waals surface area contributed by atoms with Crippen LogP contribution >= 0.6 is 0 Å². The number of piperidine rings is 1. The first-order valence-electron chi connectivity index (χ1n) is 17.8. The summed E-state index contributed by atoms with van der Waals surface area (Å²) in [4.78, 5) is 29.7. The minimum absolute atomic E-state index is 0.0491. The van der Waals surface area contributed by atoms with E-state index < -0.39 is 0 Å². The van der Waals surface area contributed by atoms with Crippen molar-refractivity contribution in [3.63, 3.8) is 0 Å². The molecule has 0 radical (unpaired) electrons. The predicted octanol–water partition coefficient (Wildman–Crippen LogP) is 4.93. The number of hydrogen-bond acceptors (Lipinski definition) is 8. The fourth-order valence-electron chi connectivity index (χ4n) is 8.53. The molecule has 2 saturated heterocycles. The molecule has 1 saturated carbocycles. The molecule has 3 heterocycles. The van der Waals surface area contributed by atoms with Crippen molar-refractivity contribution in [1.82, 2.24) is 9.80 Å². The third-order valence-electron chi connectivity index (χ3n) is 11.6. The Bertz CT molecular complexity index is 1040. The van der Waals surface area contributed by atoms with E-state index in [-0.39, 0.29) is 54.1 Å². The van der Waals surface area contributed by atoms with Crippen molar-refractivity contribution < 1.29 is 28.3 Å². The van der Waals surface area contributed by atoms with E-state index in [0.29, 0.717) is 31.4 Å². The Morgan fingerprint density at radius 2 is 1.82 bits per heavy atom. The number of likely N-dealkylation sites (N-methyl/N-ethyl adjacent to an activating group) is 2. The number of quaternary nitrogens is 1. The first-order chi connectivity index (χ1) is 21.1. The van der Waals surface area contributed by atoms with Crippen molar-refractivity contribution in [1.29, 1.82) is 0 Å². The van der Waals surface area contributed by atoms with Crippen LogP contribution in [0.15, 0.2) is 11.8 Å². The lowest BCUT2D eigenvalue weighted by molar-refractivity contribution is -0.869. The normalized spacial score (nSPS) is 32.3. The molecule has 3 aliphatic heterocycles. The van der Waals surface area contributed by atoms with Gasteiger partial charge in [0.15, 0.2) is 6.23 Å². The highest BCUT2D eigenvalue weighted by molar-refractivity contribution is 5.77. The summed E-state index contributed by atoms with van der Waals surface area (Å²) in [5.74, 6) is 1.01. The maximum atomic E-state index is 12.7. The highest BCUT2D eigenvalue weighted by atomic mass is 16.5. The number of rotatable bonds is 15. The first kappa shape index (κ1) is 36.2. The molecule has 3 fully saturated rings. The van der Waals surface area contributed by atoms with Crippen LogP contribution in [0.5, 0.6) is 0 Å². The average molecular weight is 634 g/mol. The van der Waals surface area contributed by atoms with E-state index in [9.17, 15) is 9.59 Å². The fourth-order valence-corrected chi connectivity index (χ4v) is 8.53. The van der Waals surface area contributed by atoms with Crippen molar-refractivity contribution in [2.45, 2.75) is 122 Å². The van der Waals surface area contributed by atoms with Gasteiger partial charge in [0.1, 0.15) is 12.7 Å². The monoisotopic (exact) mass is 633 g/mol. The van der Waals surface area contributed by atoms with E-state index in [0.717, 1.165) is 68.6 Å². The van der Waals surface area contributed by atoms with E-state index in [1.807, 2.05) is 13.3 Å². The van der Waals surface area contributed by atoms with Crippen LogP contribution in [0.1, 0.15) is 98.3 Å². The van der Waals surface area contributed by atoms with Crippen LogP contribution in [-0.2, 0) is 23.8 Å². The Hall–Kier alpha value is -1.68. The van der Waals surface area contributed by atoms with Gasteiger partial charge in [-0.2, -0.15) is 0 Å². The zero-order valence-corrected chi connectivity index (χ0v) is 29.8. The van der Waals surface area contributed by atoms with E-state index in [1.54, 1.807) is 0 Å². The Morgan fingerprint density at radius 1 is 1.09 bits per heavy atom. The summed E-state index contributed by atoms with van der Waals surface area (Å²) in [5.41, 5.74) is 8.27. The topological polar surface area (TPSA) is 94.3 Å². The van der Waals surface area contributed by atoms with Crippen molar-refractivity contribution in [3.8, 4) is 0 Å². The van der Waals surface area contributed by atoms with Gasteiger partial charge in [-0.15, -0.1) is 0 Å². The molecule has 45 heavy (non-hydrogen) atoms. The number of hydrogen-bond donors (Lipinski definition) is 1. The number of carbonyl (C=O) groups excluding carboxylic acids is 2. The van der Waals surface area contributed by atoms with Gasteiger partial charge in [-0.1, -0.05) is 33.6 Å². The van der Waals surface area contributed by atoms with Crippen LogP contribution in [0, 0.1) is 23.2 Å². The summed E-state index contributed by atoms with van der Waals surface area (Å²) in [6.45, 7) is 13.4. The minimum Gasteiger partial charge on any atom is -0.482 e. The number of carbonyl (C=O) groups is 2. The van der Waals surface area contributed by atoms with Crippen molar-refractivity contribution >= 4 is 11.9 Å². The third-order valence-corrected chi connectivity index (χ3v) is 11.6. The molecule has 9 heteroatoms. The standard InChI is InChI=1S/C36H65N4O5/c1-26(2)10-9-11-31(37)29-16-19-39-34-30(15-18-36(29,39)4)35(3)17-14-28(24-27(35)25-44-34)45-33(42)13-12-32(41)43-23-21-38(5)20-22-40(6,7)8/h25-26,28-31,34H,9-24,37H2,1-8H3/q+1. The van der Waals surface area contributed by atoms with Gasteiger partial charge in [-0.05, 0) is 75.3 Å². The lowest BCUT2D eigenvalue weighted by Gasteiger charge is -2.58. The zero-order chi connectivity index (χ0) is 33.0. The molecule has 7 atom stereocenters. The summed E-state index contributed by atoms with van der Waals surface area (Å²) in [6, 6.07) is 0.247. The molecular formula is C36H65N4O5+. The maximum Gasteiger partial charge on any atom is 0.306 e. The van der Waals surface area contributed by atoms with Crippen LogP contribution in [0.2, 0.25) is 0 Å². The predicted molar refractivity (Wildman–Crippen MR) is 178 cm³/mol. The second-order valence-corrected chi connectivity index (χ2v) is 16.6. The van der Waals surface area contributed by atoms with Crippen molar-refractivity contribution in [2.75, 3.05) is 61.0 Å². The van der Waals surface area contributed by atoms with Gasteiger partial charge in [-0.3, -0.25) is 19.4 Å². The van der Waals surface area contributed by atoms with E-state index in [2.05, 4.69) is 58.6 Å². The molecule has 1 aliphatic carbocycles. The Labute approximate surface area is 273 Å². The fraction of sp³-hybridized carbons (Fsp3) is 0.889. The number of ether oxygens (including phenoxy) is 3. The minimum atomic E-state index is -0.345. The van der Waals surface area contributed by atoms with Crippen LogP contribution in [0.3, 0.4) is 0 Å².